The Morgan fingerprint density at radius 1 is 0.917 bits per heavy atom. The molecule has 3 saturated heterocycles. The number of hydrogen-bond donors (Lipinski definition) is 2. The van der Waals surface area contributed by atoms with Gasteiger partial charge >= 0.3 is 0 Å². The molecule has 60 heavy (non-hydrogen) atoms. The maximum atomic E-state index is 13.3. The minimum atomic E-state index is -0.977. The number of fused-ring (bicyclic) bond motifs is 2. The van der Waals surface area contributed by atoms with Gasteiger partial charge in [-0.3, -0.25) is 44.1 Å². The fraction of sp³-hybridized carbons (Fsp3) is 0.422. The lowest BCUT2D eigenvalue weighted by Gasteiger charge is -2.51. The van der Waals surface area contributed by atoms with E-state index in [1.807, 2.05) is 36.4 Å². The highest BCUT2D eigenvalue weighted by atomic mass is 16.5. The molecule has 0 radical (unpaired) electrons. The van der Waals surface area contributed by atoms with E-state index in [4.69, 9.17) is 9.72 Å². The van der Waals surface area contributed by atoms with Crippen LogP contribution in [-0.4, -0.2) is 113 Å². The van der Waals surface area contributed by atoms with E-state index in [1.165, 1.54) is 0 Å². The van der Waals surface area contributed by atoms with E-state index in [2.05, 4.69) is 50.2 Å². The molecule has 2 N–H and O–H groups in total. The number of carbonyl (C=O) groups excluding carboxylic acids is 5. The summed E-state index contributed by atoms with van der Waals surface area (Å²) >= 11 is 0. The molecule has 0 bridgehead atoms. The van der Waals surface area contributed by atoms with Crippen LogP contribution in [0.25, 0.3) is 10.9 Å². The summed E-state index contributed by atoms with van der Waals surface area (Å²) in [6.45, 7) is 10.3. The third kappa shape index (κ3) is 7.19. The van der Waals surface area contributed by atoms with Gasteiger partial charge in [0, 0.05) is 93.6 Å². The SMILES string of the molecule is CC1(C)[C@@H](NC(=O)c2ccc(N3CCC(CN4CCN(c5ccc6c(c5)C(=O)N(C5CCC(=O)NC5=O)C6=O)CC4)CC3)nc2)C[C@@H]1Oc1ccc(C#N)c2ncccc12. The third-order valence-electron chi connectivity index (χ3n) is 13.2. The van der Waals surface area contributed by atoms with Crippen molar-refractivity contribution in [1.29, 1.82) is 5.26 Å². The van der Waals surface area contributed by atoms with E-state index in [0.717, 1.165) is 80.4 Å². The van der Waals surface area contributed by atoms with Crippen LogP contribution in [0.15, 0.2) is 67.0 Å². The van der Waals surface area contributed by atoms with Crippen molar-refractivity contribution in [2.75, 3.05) is 55.6 Å². The number of nitrogens with one attached hydrogen (secondary N) is 2. The predicted octanol–water partition coefficient (Wildman–Crippen LogP) is 3.92. The summed E-state index contributed by atoms with van der Waals surface area (Å²) in [5, 5.41) is 15.7. The van der Waals surface area contributed by atoms with Crippen molar-refractivity contribution in [3.8, 4) is 11.8 Å². The van der Waals surface area contributed by atoms with Crippen molar-refractivity contribution in [2.45, 2.75) is 64.1 Å². The molecule has 15 heteroatoms. The van der Waals surface area contributed by atoms with E-state index in [0.29, 0.717) is 45.9 Å². The van der Waals surface area contributed by atoms with E-state index in [1.54, 1.807) is 30.6 Å². The van der Waals surface area contributed by atoms with Crippen LogP contribution in [0.5, 0.6) is 5.75 Å². The second kappa shape index (κ2) is 15.6. The number of aromatic nitrogens is 2. The molecule has 5 aliphatic rings. The molecule has 9 rings (SSSR count). The summed E-state index contributed by atoms with van der Waals surface area (Å²) < 4.78 is 6.43. The lowest BCUT2D eigenvalue weighted by Crippen LogP contribution is -2.63. The normalized spacial score (nSPS) is 23.2. The lowest BCUT2D eigenvalue weighted by molar-refractivity contribution is -0.136. The van der Waals surface area contributed by atoms with Crippen molar-refractivity contribution in [3.05, 3.63) is 89.2 Å². The molecule has 2 aromatic carbocycles. The van der Waals surface area contributed by atoms with Gasteiger partial charge in [0.1, 0.15) is 29.8 Å². The molecule has 2 aromatic heterocycles. The van der Waals surface area contributed by atoms with Gasteiger partial charge in [0.25, 0.3) is 17.7 Å². The molecule has 5 amide bonds. The van der Waals surface area contributed by atoms with Crippen LogP contribution in [0.1, 0.15) is 82.6 Å². The number of nitriles is 1. The first-order chi connectivity index (χ1) is 29.0. The van der Waals surface area contributed by atoms with Gasteiger partial charge in [-0.1, -0.05) is 13.8 Å². The van der Waals surface area contributed by atoms with Crippen molar-refractivity contribution in [2.24, 2.45) is 11.3 Å². The lowest BCUT2D eigenvalue weighted by atomic mass is 9.64. The summed E-state index contributed by atoms with van der Waals surface area (Å²) in [5.74, 6) is -0.0356. The number of piperidine rings is 2. The van der Waals surface area contributed by atoms with E-state index in [-0.39, 0.29) is 36.3 Å². The van der Waals surface area contributed by atoms with Crippen LogP contribution in [0.2, 0.25) is 0 Å². The summed E-state index contributed by atoms with van der Waals surface area (Å²) in [7, 11) is 0. The molecule has 4 aliphatic heterocycles. The quantitative estimate of drug-likeness (QED) is 0.233. The van der Waals surface area contributed by atoms with E-state index >= 15 is 0 Å². The number of amides is 5. The van der Waals surface area contributed by atoms with Crippen LogP contribution in [0.3, 0.4) is 0 Å². The van der Waals surface area contributed by atoms with Crippen LogP contribution >= 0.6 is 0 Å². The van der Waals surface area contributed by atoms with Crippen LogP contribution in [-0.2, 0) is 9.59 Å². The highest BCUT2D eigenvalue weighted by molar-refractivity contribution is 6.23. The number of carbonyl (C=O) groups is 5. The number of anilines is 2. The van der Waals surface area contributed by atoms with Gasteiger partial charge in [0.15, 0.2) is 0 Å². The highest BCUT2D eigenvalue weighted by Crippen LogP contribution is 2.44. The highest BCUT2D eigenvalue weighted by Gasteiger charge is 2.51. The fourth-order valence-corrected chi connectivity index (χ4v) is 9.33. The Labute approximate surface area is 347 Å². The Balaban J connectivity index is 0.721. The summed E-state index contributed by atoms with van der Waals surface area (Å²) in [6, 6.07) is 17.5. The summed E-state index contributed by atoms with van der Waals surface area (Å²) in [4.78, 5) is 81.0. The number of benzene rings is 2. The number of rotatable bonds is 9. The van der Waals surface area contributed by atoms with E-state index in [9.17, 15) is 29.2 Å². The topological polar surface area (TPSA) is 181 Å². The second-order valence-electron chi connectivity index (χ2n) is 17.1. The van der Waals surface area contributed by atoms with E-state index < -0.39 is 29.7 Å². The zero-order valence-electron chi connectivity index (χ0n) is 33.7. The molecule has 3 atom stereocenters. The molecule has 4 fully saturated rings. The monoisotopic (exact) mass is 809 g/mol. The standard InChI is InChI=1S/C45H47N9O6/c1-45(2)36(23-37(45)60-35-10-5-28(24-46)40-32(35)4-3-15-47-40)49-41(56)29-6-11-38(48-25-29)53-16-13-27(14-17-53)26-51-18-20-52(21-19-51)30-7-8-31-33(22-30)44(59)54(43(31)58)34-9-12-39(55)50-42(34)57/h3-8,10-11,15,22,25,27,34,36-37H,9,12-14,16-21,23,26H2,1-2H3,(H,49,56)(H,50,55,57)/t34?,36-,37-/m0/s1. The largest absolute Gasteiger partial charge is 0.489 e. The zero-order valence-corrected chi connectivity index (χ0v) is 33.7. The fourth-order valence-electron chi connectivity index (χ4n) is 9.33. The van der Waals surface area contributed by atoms with Gasteiger partial charge in [0.2, 0.25) is 11.8 Å². The summed E-state index contributed by atoms with van der Waals surface area (Å²) in [5.41, 5.74) is 2.79. The van der Waals surface area contributed by atoms with Gasteiger partial charge in [-0.25, -0.2) is 4.98 Å². The number of imide groups is 2. The zero-order chi connectivity index (χ0) is 41.7. The van der Waals surface area contributed by atoms with Gasteiger partial charge in [0.05, 0.1) is 27.8 Å². The predicted molar refractivity (Wildman–Crippen MR) is 221 cm³/mol. The number of hydrogen-bond acceptors (Lipinski definition) is 12. The van der Waals surface area contributed by atoms with Crippen molar-refractivity contribution < 1.29 is 28.7 Å². The molecule has 0 spiro atoms. The Morgan fingerprint density at radius 2 is 1.70 bits per heavy atom. The van der Waals surface area contributed by atoms with Crippen molar-refractivity contribution in [3.63, 3.8) is 0 Å². The average Bonchev–Trinajstić information content (AvgIpc) is 3.51. The van der Waals surface area contributed by atoms with Gasteiger partial charge in [-0.15, -0.1) is 0 Å². The second-order valence-corrected chi connectivity index (χ2v) is 17.1. The van der Waals surface area contributed by atoms with Gasteiger partial charge in [-0.2, -0.15) is 5.26 Å². The maximum Gasteiger partial charge on any atom is 0.262 e. The molecular formula is C45H47N9O6. The van der Waals surface area contributed by atoms with Gasteiger partial charge in [-0.05, 0) is 79.8 Å². The number of nitrogens with zero attached hydrogens (tertiary/aromatic N) is 7. The van der Waals surface area contributed by atoms with Crippen LogP contribution in [0.4, 0.5) is 11.5 Å². The summed E-state index contributed by atoms with van der Waals surface area (Å²) in [6.07, 6.45) is 6.18. The number of ether oxygens (including phenoxy) is 1. The molecule has 1 unspecified atom stereocenters. The first-order valence-electron chi connectivity index (χ1n) is 20.8. The smallest absolute Gasteiger partial charge is 0.262 e. The Bertz CT molecular complexity index is 2430. The first kappa shape index (κ1) is 39.1. The molecule has 1 aliphatic carbocycles. The minimum absolute atomic E-state index is 0.0731. The Hall–Kier alpha value is -6.40. The molecule has 1 saturated carbocycles. The van der Waals surface area contributed by atoms with Crippen LogP contribution in [0, 0.1) is 22.7 Å². The Kier molecular flexibility index (Phi) is 10.2. The maximum absolute atomic E-state index is 13.3. The number of pyridine rings is 2. The van der Waals surface area contributed by atoms with Crippen molar-refractivity contribution >= 4 is 51.9 Å². The molecular weight excluding hydrogens is 763 g/mol. The molecule has 308 valence electrons. The Morgan fingerprint density at radius 3 is 2.42 bits per heavy atom. The average molecular weight is 810 g/mol. The van der Waals surface area contributed by atoms with Crippen molar-refractivity contribution in [1.82, 2.24) is 30.4 Å². The molecule has 15 nitrogen and oxygen atoms in total. The van der Waals surface area contributed by atoms with Crippen LogP contribution < -0.4 is 25.2 Å². The molecule has 4 aromatic rings. The first-order valence-corrected chi connectivity index (χ1v) is 20.8. The minimum Gasteiger partial charge on any atom is -0.489 e. The number of piperazine rings is 1. The third-order valence-corrected chi connectivity index (χ3v) is 13.2. The molecule has 6 heterocycles. The van der Waals surface area contributed by atoms with Gasteiger partial charge < -0.3 is 19.9 Å².